The third-order valence-electron chi connectivity index (χ3n) is 0.867. The van der Waals surface area contributed by atoms with Crippen LogP contribution in [-0.2, 0) is 9.47 Å². The second kappa shape index (κ2) is 2.09. The molecule has 0 saturated carbocycles. The first-order chi connectivity index (χ1) is 3.79. The van der Waals surface area contributed by atoms with Crippen molar-refractivity contribution in [3.05, 3.63) is 0 Å². The number of rotatable bonds is 1. The Morgan fingerprint density at radius 1 is 1.75 bits per heavy atom. The summed E-state index contributed by atoms with van der Waals surface area (Å²) in [6.45, 7) is 0.658. The molecule has 0 amide bonds. The highest BCUT2D eigenvalue weighted by Gasteiger charge is 2.22. The summed E-state index contributed by atoms with van der Waals surface area (Å²) in [5.41, 5.74) is 0. The molecule has 0 aromatic carbocycles. The van der Waals surface area contributed by atoms with Gasteiger partial charge < -0.3 is 9.47 Å². The number of carbonyl (C=O) groups is 1. The molecule has 4 heteroatoms. The first kappa shape index (κ1) is 5.50. The van der Waals surface area contributed by atoms with Gasteiger partial charge in [0.2, 0.25) is 0 Å². The Morgan fingerprint density at radius 2 is 2.38 bits per heavy atom. The van der Waals surface area contributed by atoms with Crippen LogP contribution in [0.2, 0.25) is 0 Å². The van der Waals surface area contributed by atoms with Gasteiger partial charge in [-0.3, -0.25) is 0 Å². The molecular weight excluding hydrogens is 115 g/mol. The molecule has 3 nitrogen and oxygen atoms in total. The van der Waals surface area contributed by atoms with Gasteiger partial charge in [-0.15, -0.1) is 4.39 Å². The smallest absolute Gasteiger partial charge is 0.432 e. The maximum Gasteiger partial charge on any atom is 0.495 e. The van der Waals surface area contributed by atoms with Crippen LogP contribution in [0.15, 0.2) is 0 Å². The Hall–Kier alpha value is -0.640. The molecule has 0 bridgehead atoms. The van der Waals surface area contributed by atoms with Crippen molar-refractivity contribution in [3.8, 4) is 0 Å². The molecule has 8 heavy (non-hydrogen) atoms. The van der Waals surface area contributed by atoms with E-state index < -0.39 is 6.22 Å². The van der Waals surface area contributed by atoms with Crippen molar-refractivity contribution in [2.45, 2.75) is 6.10 Å². The predicted octanol–water partition coefficient (Wildman–Crippen LogP) is 0.491. The number of carbonyl (C=O) groups excluding carboxylic acids is 1. The van der Waals surface area contributed by atoms with Gasteiger partial charge in [0.1, 0.15) is 0 Å². The number of hydrogen-bond donors (Lipinski definition) is 0. The van der Waals surface area contributed by atoms with Crippen LogP contribution < -0.4 is 0 Å². The van der Waals surface area contributed by atoms with E-state index in [4.69, 9.17) is 0 Å². The zero-order chi connectivity index (χ0) is 5.98. The molecule has 1 heterocycles. The zero-order valence-corrected chi connectivity index (χ0v) is 4.09. The van der Waals surface area contributed by atoms with Crippen molar-refractivity contribution >= 4 is 6.22 Å². The average Bonchev–Trinajstić information content (AvgIpc) is 1.55. The van der Waals surface area contributed by atoms with E-state index in [9.17, 15) is 9.18 Å². The van der Waals surface area contributed by atoms with Crippen LogP contribution in [-0.4, -0.2) is 25.5 Å². The normalized spacial score (nSPS) is 19.6. The Labute approximate surface area is 45.4 Å². The molecule has 0 N–H and O–H groups in total. The predicted molar refractivity (Wildman–Crippen MR) is 22.2 cm³/mol. The van der Waals surface area contributed by atoms with Crippen molar-refractivity contribution in [3.63, 3.8) is 0 Å². The Morgan fingerprint density at radius 3 is 2.50 bits per heavy atom. The highest BCUT2D eigenvalue weighted by Crippen LogP contribution is 2.05. The Kier molecular flexibility index (Phi) is 1.43. The summed E-state index contributed by atoms with van der Waals surface area (Å²) < 4.78 is 19.9. The molecule has 0 unspecified atom stereocenters. The van der Waals surface area contributed by atoms with E-state index in [1.54, 1.807) is 0 Å². The molecule has 0 atom stereocenters. The molecule has 0 spiro atoms. The summed E-state index contributed by atoms with van der Waals surface area (Å²) in [6, 6.07) is 0. The summed E-state index contributed by atoms with van der Waals surface area (Å²) in [5, 5.41) is 0. The van der Waals surface area contributed by atoms with Crippen LogP contribution in [0.25, 0.3) is 0 Å². The fraction of sp³-hybridized carbons (Fsp3) is 0.750. The average molecular weight is 120 g/mol. The van der Waals surface area contributed by atoms with Crippen molar-refractivity contribution in [2.24, 2.45) is 0 Å². The lowest BCUT2D eigenvalue weighted by atomic mass is 10.3. The lowest BCUT2D eigenvalue weighted by Gasteiger charge is -2.23. The molecule has 1 saturated heterocycles. The molecule has 1 aliphatic rings. The monoisotopic (exact) mass is 120 g/mol. The van der Waals surface area contributed by atoms with Gasteiger partial charge in [-0.05, 0) is 0 Å². The first-order valence-electron chi connectivity index (χ1n) is 2.23. The number of ether oxygens (including phenoxy) is 2. The van der Waals surface area contributed by atoms with Crippen LogP contribution in [0, 0.1) is 0 Å². The molecule has 1 fully saturated rings. The molecule has 1 aliphatic heterocycles. The zero-order valence-electron chi connectivity index (χ0n) is 4.09. The summed E-state index contributed by atoms with van der Waals surface area (Å²) in [4.78, 5) is 9.50. The van der Waals surface area contributed by atoms with Crippen LogP contribution in [0.3, 0.4) is 0 Å². The quantitative estimate of drug-likeness (QED) is 0.472. The molecule has 0 aromatic heterocycles. The second-order valence-electron chi connectivity index (χ2n) is 1.51. The maximum atomic E-state index is 11.3. The van der Waals surface area contributed by atoms with E-state index in [1.807, 2.05) is 0 Å². The van der Waals surface area contributed by atoms with Gasteiger partial charge in [0.05, 0.1) is 13.2 Å². The fourth-order valence-electron chi connectivity index (χ4n) is 0.413. The number of hydrogen-bond acceptors (Lipinski definition) is 3. The van der Waals surface area contributed by atoms with Gasteiger partial charge in [0, 0.05) is 0 Å². The standard InChI is InChI=1S/C4H5FO3/c5-4(6)8-3-1-7-2-3/h3H,1-2H2. The van der Waals surface area contributed by atoms with Gasteiger partial charge >= 0.3 is 6.22 Å². The highest BCUT2D eigenvalue weighted by molar-refractivity contribution is 5.58. The minimum atomic E-state index is -1.72. The van der Waals surface area contributed by atoms with E-state index >= 15 is 0 Å². The summed E-state index contributed by atoms with van der Waals surface area (Å²) >= 11 is 0. The summed E-state index contributed by atoms with van der Waals surface area (Å²) in [6.07, 6.45) is -2.06. The van der Waals surface area contributed by atoms with Gasteiger partial charge in [-0.2, -0.15) is 0 Å². The third-order valence-corrected chi connectivity index (χ3v) is 0.867. The van der Waals surface area contributed by atoms with Gasteiger partial charge in [0.25, 0.3) is 0 Å². The SMILES string of the molecule is O=C(F)OC1COC1. The second-order valence-corrected chi connectivity index (χ2v) is 1.51. The lowest BCUT2D eigenvalue weighted by Crippen LogP contribution is -2.36. The van der Waals surface area contributed by atoms with E-state index in [1.165, 1.54) is 0 Å². The highest BCUT2D eigenvalue weighted by atomic mass is 19.1. The minimum Gasteiger partial charge on any atom is -0.432 e. The topological polar surface area (TPSA) is 35.5 Å². The molecular formula is C4H5FO3. The lowest BCUT2D eigenvalue weighted by molar-refractivity contribution is -0.103. The minimum absolute atomic E-state index is 0.329. The van der Waals surface area contributed by atoms with E-state index in [0.29, 0.717) is 13.2 Å². The van der Waals surface area contributed by atoms with Crippen molar-refractivity contribution in [2.75, 3.05) is 13.2 Å². The van der Waals surface area contributed by atoms with Gasteiger partial charge in [0.15, 0.2) is 6.10 Å². The van der Waals surface area contributed by atoms with Crippen LogP contribution in [0.4, 0.5) is 9.18 Å². The van der Waals surface area contributed by atoms with E-state index in [-0.39, 0.29) is 6.10 Å². The summed E-state index contributed by atoms with van der Waals surface area (Å²) in [5.74, 6) is 0. The fourth-order valence-corrected chi connectivity index (χ4v) is 0.413. The molecule has 46 valence electrons. The van der Waals surface area contributed by atoms with Crippen LogP contribution in [0.1, 0.15) is 0 Å². The van der Waals surface area contributed by atoms with E-state index in [2.05, 4.69) is 9.47 Å². The molecule has 0 aliphatic carbocycles. The number of halogens is 1. The summed E-state index contributed by atoms with van der Waals surface area (Å²) in [7, 11) is 0. The Bertz CT molecular complexity index is 99.5. The van der Waals surface area contributed by atoms with Gasteiger partial charge in [-0.1, -0.05) is 0 Å². The Balaban J connectivity index is 2.09. The maximum absolute atomic E-state index is 11.3. The van der Waals surface area contributed by atoms with Gasteiger partial charge in [-0.25, -0.2) is 4.79 Å². The van der Waals surface area contributed by atoms with Crippen molar-refractivity contribution < 1.29 is 18.7 Å². The largest absolute Gasteiger partial charge is 0.495 e. The molecule has 0 radical (unpaired) electrons. The van der Waals surface area contributed by atoms with E-state index in [0.717, 1.165) is 0 Å². The van der Waals surface area contributed by atoms with Crippen LogP contribution in [0.5, 0.6) is 0 Å². The third kappa shape index (κ3) is 1.16. The molecule has 0 aromatic rings. The molecule has 1 rings (SSSR count). The van der Waals surface area contributed by atoms with Crippen molar-refractivity contribution in [1.29, 1.82) is 0 Å². The van der Waals surface area contributed by atoms with Crippen molar-refractivity contribution in [1.82, 2.24) is 0 Å². The van der Waals surface area contributed by atoms with Crippen LogP contribution >= 0.6 is 0 Å². The first-order valence-corrected chi connectivity index (χ1v) is 2.23.